The lowest BCUT2D eigenvalue weighted by molar-refractivity contribution is -0.148. The van der Waals surface area contributed by atoms with E-state index in [0.29, 0.717) is 32.1 Å². The minimum absolute atomic E-state index is 0.00805. The normalized spacial score (nSPS) is 29.2. The predicted molar refractivity (Wildman–Crippen MR) is 381 cm³/mol. The number of likely N-dealkylation sites (N-methyl/N-ethyl adjacent to an activating group) is 1. The Morgan fingerprint density at radius 2 is 1.29 bits per heavy atom. The van der Waals surface area contributed by atoms with Crippen LogP contribution in [0, 0.1) is 46.3 Å². The van der Waals surface area contributed by atoms with Crippen LogP contribution in [0.15, 0.2) is 4.99 Å². The summed E-state index contributed by atoms with van der Waals surface area (Å²) in [5.74, 6) is -19.8. The van der Waals surface area contributed by atoms with E-state index in [2.05, 4.69) is 42.2 Å². The van der Waals surface area contributed by atoms with Crippen molar-refractivity contribution in [3.05, 3.63) is 0 Å². The minimum atomic E-state index is -3.28. The monoisotopic (exact) mass is 1480 g/mol. The number of nitrogens with zero attached hydrogens (tertiary/aromatic N) is 4. The molecule has 0 aromatic heterocycles. The van der Waals surface area contributed by atoms with Crippen LogP contribution in [-0.2, 0) is 62.3 Å². The number of hydrogen-bond donors (Lipinski definition) is 12. The average molecular weight is 1480 g/mol. The van der Waals surface area contributed by atoms with Crippen molar-refractivity contribution >= 4 is 104 Å². The highest BCUT2D eigenvalue weighted by molar-refractivity contribution is 8.77. The molecule has 0 aromatic rings. The number of hydrogen-bond acceptors (Lipinski definition) is 19. The van der Waals surface area contributed by atoms with Crippen LogP contribution in [0.1, 0.15) is 179 Å². The van der Waals surface area contributed by atoms with E-state index in [0.717, 1.165) is 26.5 Å². The zero-order chi connectivity index (χ0) is 76.7. The van der Waals surface area contributed by atoms with Gasteiger partial charge in [-0.1, -0.05) is 103 Å². The summed E-state index contributed by atoms with van der Waals surface area (Å²) in [5.41, 5.74) is 14.4. The van der Waals surface area contributed by atoms with E-state index in [4.69, 9.17) is 17.2 Å². The molecule has 1 aliphatic carbocycles. The molecule has 5 aliphatic rings. The number of amides is 10. The van der Waals surface area contributed by atoms with Crippen LogP contribution in [0.4, 0.5) is 8.78 Å². The van der Waals surface area contributed by atoms with Crippen molar-refractivity contribution in [1.29, 1.82) is 0 Å². The summed E-state index contributed by atoms with van der Waals surface area (Å²) >= 11 is 0. The van der Waals surface area contributed by atoms with Gasteiger partial charge in [0.2, 0.25) is 59.1 Å². The minimum Gasteiger partial charge on any atom is -0.394 e. The summed E-state index contributed by atoms with van der Waals surface area (Å²) in [6.07, 6.45) is -1.04. The van der Waals surface area contributed by atoms with E-state index >= 15 is 32.8 Å². The van der Waals surface area contributed by atoms with Crippen molar-refractivity contribution in [3.8, 4) is 0 Å². The molecule has 576 valence electrons. The molecule has 1 saturated carbocycles. The van der Waals surface area contributed by atoms with Gasteiger partial charge in [0.15, 0.2) is 17.5 Å². The van der Waals surface area contributed by atoms with Crippen LogP contribution < -0.4 is 54.4 Å². The van der Waals surface area contributed by atoms with Gasteiger partial charge in [-0.05, 0) is 102 Å². The second-order valence-corrected chi connectivity index (χ2v) is 33.4. The van der Waals surface area contributed by atoms with E-state index in [1.165, 1.54) is 9.80 Å². The van der Waals surface area contributed by atoms with Gasteiger partial charge < -0.3 is 79.3 Å². The molecule has 0 unspecified atom stereocenters. The van der Waals surface area contributed by atoms with Gasteiger partial charge >= 0.3 is 0 Å². The number of rotatable bonds is 23. The van der Waals surface area contributed by atoms with Crippen LogP contribution in [0.3, 0.4) is 0 Å². The lowest BCUT2D eigenvalue weighted by Gasteiger charge is -2.37. The fourth-order valence-corrected chi connectivity index (χ4v) is 16.9. The molecule has 15 N–H and O–H groups in total. The molecule has 10 amide bonds. The van der Waals surface area contributed by atoms with E-state index in [9.17, 15) is 48.6 Å². The highest BCUT2D eigenvalue weighted by Gasteiger charge is 2.75. The molecule has 4 saturated heterocycles. The topological polar surface area (TPSA) is 447 Å². The molecule has 4 aliphatic heterocycles. The summed E-state index contributed by atoms with van der Waals surface area (Å²) < 4.78 is 30.1. The van der Waals surface area contributed by atoms with Gasteiger partial charge in [-0.2, -0.15) is 0 Å². The van der Waals surface area contributed by atoms with Crippen LogP contribution in [0.25, 0.3) is 0 Å². The van der Waals surface area contributed by atoms with Crippen LogP contribution in [0.2, 0.25) is 0 Å². The number of primary amides is 1. The van der Waals surface area contributed by atoms with Crippen molar-refractivity contribution in [2.45, 2.75) is 250 Å². The molecule has 0 bridgehead atoms. The number of carbonyl (C=O) groups excluding carboxylic acids is 13. The Morgan fingerprint density at radius 3 is 1.84 bits per heavy atom. The third kappa shape index (κ3) is 22.2. The number of fused-ring (bicyclic) bond motifs is 2. The molecule has 5 rings (SSSR count). The standard InChI is InChI=1S/C69H114F2N14O15S2/c1-14-36(4)41-27-51(89)49-30-68(34-69(68,70)71)35-85(49)63(99)48-22-19-25-84(48)62(98)44(29-66(8,9)10)78-61(97)46(32-87)80-59(95)43(20-17-23-76-65(73)74)77-60(96)45(31-86)79-57(93)40(26-52(90)53(37(5)15-2)81-56(92)39(7)75-13)33-101-102-67(11,12)42(28-50(41)88)58(94)82-54(38(6)16-3)64(100)83-24-18-21-47(83)55(72)91/h36-49,53-54,75,86-87H,14-35H2,1-13H3,(H2,72,91)(H,77,96)(H,78,97)(H,79,93)(H,80,95)(H,81,92)(H,82,94)(H4,73,74,76)/t36-,37-,38-,39-,40-,41-,42+,43-,44+,45-,46-,47-,48-,49-,53-,54-,68-/m0/s1. The zero-order valence-corrected chi connectivity index (χ0v) is 63.2. The molecule has 5 fully saturated rings. The number of aliphatic hydroxyl groups excluding tert-OH is 2. The maximum absolute atomic E-state index is 15.7. The zero-order valence-electron chi connectivity index (χ0n) is 61.6. The number of ketones is 3. The second kappa shape index (κ2) is 37.4. The molecule has 0 aromatic carbocycles. The SMILES string of the molecule is CC[C@H](C)[C@@H]1CC(=O)[C@@H]2C[C@@]3(CN2C(=O)[C@@H]2CCCN2C(=O)[C@@H](CC(C)(C)C)NC(=O)[C@H](CO)NC(=O)[C@H](CCCN=C(N)N)NC(=O)[C@H](CO)NC(=O)[C@@H](CC(=O)[C@@H](NC(=O)[C@H](C)NC)[C@@H](C)CC)CSSC(C)(C)[C@@H](C(=O)N[C@H](C(=O)N2CCC[C@H]2C(N)=O)[C@@H](C)CC)CC1=O)CC3(F)F. The molecule has 0 radical (unpaired) electrons. The highest BCUT2D eigenvalue weighted by Crippen LogP contribution is 2.66. The van der Waals surface area contributed by atoms with Crippen LogP contribution in [0.5, 0.6) is 0 Å². The Bertz CT molecular complexity index is 3080. The number of alkyl halides is 2. The van der Waals surface area contributed by atoms with E-state index in [1.54, 1.807) is 90.1 Å². The molecule has 29 nitrogen and oxygen atoms in total. The number of guanidine groups is 1. The number of nitrogens with two attached hydrogens (primary N) is 3. The summed E-state index contributed by atoms with van der Waals surface area (Å²) in [6.45, 7) is 18.1. The number of carbonyl (C=O) groups is 13. The van der Waals surface area contributed by atoms with Crippen LogP contribution >= 0.6 is 21.6 Å². The Kier molecular flexibility index (Phi) is 31.6. The van der Waals surface area contributed by atoms with Crippen molar-refractivity contribution in [2.75, 3.05) is 52.2 Å². The van der Waals surface area contributed by atoms with Crippen molar-refractivity contribution < 1.29 is 81.3 Å². The van der Waals surface area contributed by atoms with Crippen LogP contribution in [-0.4, -0.2) is 231 Å². The Labute approximate surface area is 605 Å². The second-order valence-electron chi connectivity index (χ2n) is 30.4. The first-order valence-electron chi connectivity index (χ1n) is 35.9. The smallest absolute Gasteiger partial charge is 0.256 e. The predicted octanol–water partition coefficient (Wildman–Crippen LogP) is 1.11. The third-order valence-electron chi connectivity index (χ3n) is 21.2. The number of halogens is 2. The summed E-state index contributed by atoms with van der Waals surface area (Å²) in [6, 6.07) is -13.6. The summed E-state index contributed by atoms with van der Waals surface area (Å²) in [4.78, 5) is 198. The van der Waals surface area contributed by atoms with Gasteiger partial charge in [0.1, 0.15) is 48.1 Å². The third-order valence-corrected chi connectivity index (χ3v) is 24.6. The largest absolute Gasteiger partial charge is 0.394 e. The quantitative estimate of drug-likeness (QED) is 0.0295. The maximum Gasteiger partial charge on any atom is 0.256 e. The lowest BCUT2D eigenvalue weighted by atomic mass is 9.77. The lowest BCUT2D eigenvalue weighted by Crippen LogP contribution is -2.60. The summed E-state index contributed by atoms with van der Waals surface area (Å²) in [7, 11) is 3.56. The molecule has 102 heavy (non-hydrogen) atoms. The molecule has 4 heterocycles. The Hall–Kier alpha value is -6.58. The highest BCUT2D eigenvalue weighted by atomic mass is 33.1. The average Bonchev–Trinajstić information content (AvgIpc) is 1.53. The van der Waals surface area contributed by atoms with Gasteiger partial charge in [0, 0.05) is 68.3 Å². The van der Waals surface area contributed by atoms with Gasteiger partial charge in [-0.15, -0.1) is 0 Å². The number of aliphatic hydroxyl groups is 2. The first kappa shape index (κ1) is 86.1. The van der Waals surface area contributed by atoms with E-state index in [-0.39, 0.29) is 63.5 Å². The first-order chi connectivity index (χ1) is 47.7. The Morgan fingerprint density at radius 1 is 0.725 bits per heavy atom. The van der Waals surface area contributed by atoms with Crippen molar-refractivity contribution in [1.82, 2.24) is 51.9 Å². The maximum atomic E-state index is 15.7. The van der Waals surface area contributed by atoms with E-state index < -0.39 is 246 Å². The fourth-order valence-electron chi connectivity index (χ4n) is 13.9. The van der Waals surface area contributed by atoms with Gasteiger partial charge in [-0.25, -0.2) is 8.78 Å². The van der Waals surface area contributed by atoms with Gasteiger partial charge in [-0.3, -0.25) is 67.3 Å². The number of nitrogens with one attached hydrogen (secondary N) is 7. The van der Waals surface area contributed by atoms with Gasteiger partial charge in [0.05, 0.1) is 48.6 Å². The Balaban J connectivity index is 1.70. The summed E-state index contributed by atoms with van der Waals surface area (Å²) in [5, 5.41) is 40.3. The van der Waals surface area contributed by atoms with Gasteiger partial charge in [0.25, 0.3) is 5.92 Å². The first-order valence-corrected chi connectivity index (χ1v) is 38.2. The molecule has 33 heteroatoms. The number of likely N-dealkylation sites (tertiary alicyclic amines) is 1. The fraction of sp³-hybridized carbons (Fsp3) is 0.797. The molecular weight excluding hydrogens is 1370 g/mol. The molecule has 17 atom stereocenters. The van der Waals surface area contributed by atoms with Crippen molar-refractivity contribution in [2.24, 2.45) is 68.5 Å². The van der Waals surface area contributed by atoms with Crippen molar-refractivity contribution in [3.63, 3.8) is 0 Å². The van der Waals surface area contributed by atoms with E-state index in [1.807, 2.05) is 0 Å². The number of Topliss-reactive ketones (excluding diaryl/α,β-unsaturated/α-hetero) is 3. The number of aliphatic imine (C=N–C) groups is 1. The molecule has 1 spiro atoms. The molecular formula is C69H114F2N14O15S2.